The van der Waals surface area contributed by atoms with Crippen molar-refractivity contribution in [3.05, 3.63) is 47.4 Å². The lowest BCUT2D eigenvalue weighted by atomic mass is 10.3. The van der Waals surface area contributed by atoms with Crippen LogP contribution in [0.15, 0.2) is 24.4 Å². The van der Waals surface area contributed by atoms with E-state index in [-0.39, 0.29) is 17.5 Å². The quantitative estimate of drug-likeness (QED) is 0.800. The van der Waals surface area contributed by atoms with Gasteiger partial charge in [0.15, 0.2) is 11.6 Å². The molecule has 0 bridgehead atoms. The molecule has 0 amide bonds. The number of nitrogens with zero attached hydrogens (tertiary/aromatic N) is 2. The number of hydrogen-bond acceptors (Lipinski definition) is 3. The fourth-order valence-electron chi connectivity index (χ4n) is 1.31. The molecule has 0 unspecified atom stereocenters. The molecule has 0 aliphatic rings. The number of aryl methyl sites for hydroxylation is 1. The number of hydrogen-bond donors (Lipinski definition) is 0. The molecular weight excluding hydrogens is 262 g/mol. The smallest absolute Gasteiger partial charge is 0.226 e. The van der Waals surface area contributed by atoms with Crippen molar-refractivity contribution in [2.45, 2.75) is 12.8 Å². The minimum absolute atomic E-state index is 0.151. The Morgan fingerprint density at radius 2 is 2.06 bits per heavy atom. The van der Waals surface area contributed by atoms with Gasteiger partial charge in [0.05, 0.1) is 5.88 Å². The highest BCUT2D eigenvalue weighted by Gasteiger charge is 2.09. The van der Waals surface area contributed by atoms with E-state index in [1.54, 1.807) is 6.92 Å². The average molecular weight is 271 g/mol. The van der Waals surface area contributed by atoms with Gasteiger partial charge in [-0.15, -0.1) is 11.6 Å². The fraction of sp³-hybridized carbons (Fsp3) is 0.167. The van der Waals surface area contributed by atoms with Crippen molar-refractivity contribution in [2.24, 2.45) is 0 Å². The molecule has 0 radical (unpaired) electrons. The molecule has 0 fully saturated rings. The second-order valence-electron chi connectivity index (χ2n) is 3.56. The Kier molecular flexibility index (Phi) is 3.72. The maximum absolute atomic E-state index is 13.0. The van der Waals surface area contributed by atoms with Crippen molar-refractivity contribution in [1.29, 1.82) is 0 Å². The number of alkyl halides is 1. The fourth-order valence-corrected chi connectivity index (χ4v) is 1.49. The van der Waals surface area contributed by atoms with Gasteiger partial charge in [0.25, 0.3) is 0 Å². The summed E-state index contributed by atoms with van der Waals surface area (Å²) in [6.45, 7) is 1.69. The van der Waals surface area contributed by atoms with E-state index in [0.717, 1.165) is 12.1 Å². The lowest BCUT2D eigenvalue weighted by Crippen LogP contribution is -1.98. The van der Waals surface area contributed by atoms with E-state index in [0.29, 0.717) is 11.4 Å². The third kappa shape index (κ3) is 2.73. The molecule has 0 saturated heterocycles. The van der Waals surface area contributed by atoms with E-state index in [4.69, 9.17) is 16.3 Å². The van der Waals surface area contributed by atoms with Crippen molar-refractivity contribution in [3.8, 4) is 11.6 Å². The molecule has 0 atom stereocenters. The zero-order valence-electron chi connectivity index (χ0n) is 9.45. The average Bonchev–Trinajstić information content (AvgIpc) is 2.34. The molecule has 3 nitrogen and oxygen atoms in total. The van der Waals surface area contributed by atoms with Gasteiger partial charge in [0.2, 0.25) is 5.88 Å². The van der Waals surface area contributed by atoms with Crippen LogP contribution in [0, 0.1) is 18.6 Å². The number of halogens is 3. The first-order valence-corrected chi connectivity index (χ1v) is 5.65. The topological polar surface area (TPSA) is 35.0 Å². The van der Waals surface area contributed by atoms with Crippen LogP contribution in [0.4, 0.5) is 8.78 Å². The normalized spacial score (nSPS) is 10.4. The summed E-state index contributed by atoms with van der Waals surface area (Å²) in [5.74, 6) is -0.855. The number of ether oxygens (including phenoxy) is 1. The Morgan fingerprint density at radius 1 is 1.28 bits per heavy atom. The highest BCUT2D eigenvalue weighted by Crippen LogP contribution is 2.25. The van der Waals surface area contributed by atoms with Gasteiger partial charge < -0.3 is 4.74 Å². The largest absolute Gasteiger partial charge is 0.438 e. The Labute approximate surface area is 107 Å². The van der Waals surface area contributed by atoms with Crippen LogP contribution in [0.2, 0.25) is 0 Å². The summed E-state index contributed by atoms with van der Waals surface area (Å²) in [6, 6.07) is 3.25. The molecule has 2 aromatic rings. The van der Waals surface area contributed by atoms with Gasteiger partial charge in [-0.1, -0.05) is 0 Å². The van der Waals surface area contributed by atoms with Crippen LogP contribution in [0.25, 0.3) is 0 Å². The van der Waals surface area contributed by atoms with Crippen LogP contribution in [0.5, 0.6) is 11.6 Å². The third-order valence-electron chi connectivity index (χ3n) is 2.19. The van der Waals surface area contributed by atoms with Crippen LogP contribution in [-0.4, -0.2) is 9.97 Å². The van der Waals surface area contributed by atoms with Crippen molar-refractivity contribution in [1.82, 2.24) is 9.97 Å². The lowest BCUT2D eigenvalue weighted by molar-refractivity contribution is 0.441. The molecule has 1 aromatic heterocycles. The maximum atomic E-state index is 13.0. The molecule has 0 aliphatic heterocycles. The van der Waals surface area contributed by atoms with Crippen LogP contribution < -0.4 is 4.74 Å². The summed E-state index contributed by atoms with van der Waals surface area (Å²) < 4.78 is 31.2. The van der Waals surface area contributed by atoms with E-state index in [1.807, 2.05) is 0 Å². The maximum Gasteiger partial charge on any atom is 0.226 e. The molecule has 6 heteroatoms. The van der Waals surface area contributed by atoms with Gasteiger partial charge in [-0.05, 0) is 19.1 Å². The Balaban J connectivity index is 2.33. The molecular formula is C12H9ClF2N2O. The Hall–Kier alpha value is -1.75. The SMILES string of the molecule is Cc1ncc(CCl)c(Oc2ccc(F)c(F)c2)n1. The van der Waals surface area contributed by atoms with Crippen molar-refractivity contribution < 1.29 is 13.5 Å². The van der Waals surface area contributed by atoms with Crippen LogP contribution in [-0.2, 0) is 5.88 Å². The van der Waals surface area contributed by atoms with Gasteiger partial charge >= 0.3 is 0 Å². The summed E-state index contributed by atoms with van der Waals surface area (Å²) in [7, 11) is 0. The highest BCUT2D eigenvalue weighted by molar-refractivity contribution is 6.17. The molecule has 94 valence electrons. The van der Waals surface area contributed by atoms with E-state index in [2.05, 4.69) is 9.97 Å². The first-order valence-electron chi connectivity index (χ1n) is 5.11. The lowest BCUT2D eigenvalue weighted by Gasteiger charge is -2.08. The van der Waals surface area contributed by atoms with Gasteiger partial charge in [0, 0.05) is 17.8 Å². The molecule has 1 aromatic carbocycles. The van der Waals surface area contributed by atoms with Crippen LogP contribution in [0.1, 0.15) is 11.4 Å². The van der Waals surface area contributed by atoms with Crippen molar-refractivity contribution in [2.75, 3.05) is 0 Å². The molecule has 0 saturated carbocycles. The number of benzene rings is 1. The molecule has 1 heterocycles. The van der Waals surface area contributed by atoms with Crippen molar-refractivity contribution >= 4 is 11.6 Å². The van der Waals surface area contributed by atoms with Crippen LogP contribution in [0.3, 0.4) is 0 Å². The summed E-state index contributed by atoms with van der Waals surface area (Å²) in [4.78, 5) is 8.03. The standard InChI is InChI=1S/C12H9ClF2N2O/c1-7-16-6-8(5-13)12(17-7)18-9-2-3-10(14)11(15)4-9/h2-4,6H,5H2,1H3. The summed E-state index contributed by atoms with van der Waals surface area (Å²) in [5.41, 5.74) is 0.576. The van der Waals surface area contributed by atoms with E-state index in [1.165, 1.54) is 12.3 Å². The first kappa shape index (κ1) is 12.7. The molecule has 0 aliphatic carbocycles. The van der Waals surface area contributed by atoms with Gasteiger partial charge in [-0.25, -0.2) is 13.8 Å². The summed E-state index contributed by atoms with van der Waals surface area (Å²) in [5, 5.41) is 0. The summed E-state index contributed by atoms with van der Waals surface area (Å²) >= 11 is 5.71. The van der Waals surface area contributed by atoms with Crippen molar-refractivity contribution in [3.63, 3.8) is 0 Å². The van der Waals surface area contributed by atoms with Gasteiger partial charge in [0.1, 0.15) is 11.6 Å². The Bertz CT molecular complexity index is 578. The molecule has 18 heavy (non-hydrogen) atoms. The monoisotopic (exact) mass is 270 g/mol. The van der Waals surface area contributed by atoms with E-state index >= 15 is 0 Å². The molecule has 2 rings (SSSR count). The minimum atomic E-state index is -0.981. The third-order valence-corrected chi connectivity index (χ3v) is 2.48. The predicted molar refractivity (Wildman–Crippen MR) is 62.8 cm³/mol. The molecule has 0 N–H and O–H groups in total. The Morgan fingerprint density at radius 3 is 2.72 bits per heavy atom. The number of aromatic nitrogens is 2. The predicted octanol–water partition coefficient (Wildman–Crippen LogP) is 3.59. The van der Waals surface area contributed by atoms with Crippen LogP contribution >= 0.6 is 11.6 Å². The van der Waals surface area contributed by atoms with Gasteiger partial charge in [-0.2, -0.15) is 4.98 Å². The van der Waals surface area contributed by atoms with E-state index < -0.39 is 11.6 Å². The van der Waals surface area contributed by atoms with E-state index in [9.17, 15) is 8.78 Å². The second kappa shape index (κ2) is 5.27. The zero-order valence-corrected chi connectivity index (χ0v) is 10.2. The zero-order chi connectivity index (χ0) is 13.1. The minimum Gasteiger partial charge on any atom is -0.438 e. The first-order chi connectivity index (χ1) is 8.60. The highest BCUT2D eigenvalue weighted by atomic mass is 35.5. The second-order valence-corrected chi connectivity index (χ2v) is 3.83. The molecule has 0 spiro atoms. The number of rotatable bonds is 3. The van der Waals surface area contributed by atoms with Gasteiger partial charge in [-0.3, -0.25) is 0 Å². The summed E-state index contributed by atoms with van der Waals surface area (Å²) in [6.07, 6.45) is 1.53.